The Hall–Kier alpha value is -0.870. The molecule has 1 rings (SSSR count). The number of aromatic nitrogens is 2. The number of nitrogens with two attached hydrogens (primary N) is 1. The molecule has 14 heavy (non-hydrogen) atoms. The van der Waals surface area contributed by atoms with E-state index in [1.165, 1.54) is 5.69 Å². The number of nitrogens with zero attached hydrogens (tertiary/aromatic N) is 2. The maximum Gasteiger partial charge on any atom is 0.0949 e. The molecule has 0 aliphatic carbocycles. The highest BCUT2D eigenvalue weighted by molar-refractivity contribution is 4.99. The summed E-state index contributed by atoms with van der Waals surface area (Å²) in [6.45, 7) is 6.33. The SMILES string of the molecule is CCOC(C)Cn1cncc1CCN. The smallest absolute Gasteiger partial charge is 0.0949 e. The quantitative estimate of drug-likeness (QED) is 0.734. The lowest BCUT2D eigenvalue weighted by molar-refractivity contribution is 0.0635. The maximum atomic E-state index is 5.51. The first kappa shape index (κ1) is 11.2. The standard InChI is InChI=1S/C10H19N3O/c1-3-14-9(2)7-13-8-12-6-10(13)4-5-11/h6,8-9H,3-5,7,11H2,1-2H3. The lowest BCUT2D eigenvalue weighted by atomic mass is 10.3. The van der Waals surface area contributed by atoms with Crippen molar-refractivity contribution in [2.45, 2.75) is 32.9 Å². The summed E-state index contributed by atoms with van der Waals surface area (Å²) in [5.74, 6) is 0. The second kappa shape index (κ2) is 5.78. The van der Waals surface area contributed by atoms with Crippen LogP contribution in [0.2, 0.25) is 0 Å². The zero-order chi connectivity index (χ0) is 10.4. The van der Waals surface area contributed by atoms with E-state index < -0.39 is 0 Å². The fourth-order valence-electron chi connectivity index (χ4n) is 1.48. The monoisotopic (exact) mass is 197 g/mol. The van der Waals surface area contributed by atoms with Gasteiger partial charge in [0.1, 0.15) is 0 Å². The van der Waals surface area contributed by atoms with Crippen molar-refractivity contribution in [2.24, 2.45) is 5.73 Å². The van der Waals surface area contributed by atoms with Crippen LogP contribution >= 0.6 is 0 Å². The van der Waals surface area contributed by atoms with Crippen LogP contribution in [0.5, 0.6) is 0 Å². The van der Waals surface area contributed by atoms with Gasteiger partial charge in [0, 0.05) is 31.5 Å². The topological polar surface area (TPSA) is 53.1 Å². The average Bonchev–Trinajstić information content (AvgIpc) is 2.54. The molecule has 1 heterocycles. The highest BCUT2D eigenvalue weighted by Gasteiger charge is 2.05. The highest BCUT2D eigenvalue weighted by Crippen LogP contribution is 2.03. The number of rotatable bonds is 6. The Morgan fingerprint density at radius 1 is 1.64 bits per heavy atom. The molecular formula is C10H19N3O. The second-order valence-corrected chi connectivity index (χ2v) is 3.34. The van der Waals surface area contributed by atoms with Crippen LogP contribution in [0.4, 0.5) is 0 Å². The van der Waals surface area contributed by atoms with E-state index in [9.17, 15) is 0 Å². The van der Waals surface area contributed by atoms with Crippen molar-refractivity contribution in [1.29, 1.82) is 0 Å². The molecule has 1 aromatic heterocycles. The van der Waals surface area contributed by atoms with Gasteiger partial charge in [-0.1, -0.05) is 0 Å². The summed E-state index contributed by atoms with van der Waals surface area (Å²) in [5, 5.41) is 0. The third kappa shape index (κ3) is 3.12. The molecule has 1 aromatic rings. The van der Waals surface area contributed by atoms with E-state index >= 15 is 0 Å². The number of imidazole rings is 1. The van der Waals surface area contributed by atoms with E-state index in [1.807, 2.05) is 19.4 Å². The Morgan fingerprint density at radius 2 is 2.43 bits per heavy atom. The van der Waals surface area contributed by atoms with Crippen molar-refractivity contribution < 1.29 is 4.74 Å². The van der Waals surface area contributed by atoms with Crippen LogP contribution in [0.15, 0.2) is 12.5 Å². The van der Waals surface area contributed by atoms with Crippen molar-refractivity contribution >= 4 is 0 Å². The lowest BCUT2D eigenvalue weighted by Crippen LogP contribution is -2.18. The van der Waals surface area contributed by atoms with Gasteiger partial charge >= 0.3 is 0 Å². The Labute approximate surface area is 85.1 Å². The summed E-state index contributed by atoms with van der Waals surface area (Å²) in [6, 6.07) is 0. The van der Waals surface area contributed by atoms with E-state index in [4.69, 9.17) is 10.5 Å². The van der Waals surface area contributed by atoms with E-state index in [0.717, 1.165) is 19.6 Å². The van der Waals surface area contributed by atoms with Crippen LogP contribution < -0.4 is 5.73 Å². The largest absolute Gasteiger partial charge is 0.377 e. The minimum absolute atomic E-state index is 0.228. The van der Waals surface area contributed by atoms with Gasteiger partial charge in [-0.15, -0.1) is 0 Å². The van der Waals surface area contributed by atoms with Crippen LogP contribution in [0.3, 0.4) is 0 Å². The predicted molar refractivity (Wildman–Crippen MR) is 56.1 cm³/mol. The third-order valence-corrected chi connectivity index (χ3v) is 2.10. The molecule has 80 valence electrons. The summed E-state index contributed by atoms with van der Waals surface area (Å²) in [7, 11) is 0. The molecule has 0 aliphatic heterocycles. The molecule has 0 bridgehead atoms. The number of ether oxygens (including phenoxy) is 1. The molecule has 4 nitrogen and oxygen atoms in total. The summed E-state index contributed by atoms with van der Waals surface area (Å²) in [6.07, 6.45) is 4.80. The van der Waals surface area contributed by atoms with Gasteiger partial charge in [-0.2, -0.15) is 0 Å². The lowest BCUT2D eigenvalue weighted by Gasteiger charge is -2.14. The van der Waals surface area contributed by atoms with Crippen molar-refractivity contribution in [3.8, 4) is 0 Å². The van der Waals surface area contributed by atoms with Crippen molar-refractivity contribution in [3.63, 3.8) is 0 Å². The van der Waals surface area contributed by atoms with E-state index in [2.05, 4.69) is 16.5 Å². The number of hydrogen-bond donors (Lipinski definition) is 1. The predicted octanol–water partition coefficient (Wildman–Crippen LogP) is 0.809. The molecule has 0 aliphatic rings. The highest BCUT2D eigenvalue weighted by atomic mass is 16.5. The Bertz CT molecular complexity index is 260. The molecule has 0 amide bonds. The first-order valence-electron chi connectivity index (χ1n) is 5.08. The normalized spacial score (nSPS) is 13.1. The molecule has 0 fully saturated rings. The van der Waals surface area contributed by atoms with Crippen molar-refractivity contribution in [3.05, 3.63) is 18.2 Å². The van der Waals surface area contributed by atoms with Gasteiger partial charge in [0.25, 0.3) is 0 Å². The van der Waals surface area contributed by atoms with E-state index in [-0.39, 0.29) is 6.10 Å². The van der Waals surface area contributed by atoms with Crippen molar-refractivity contribution in [1.82, 2.24) is 9.55 Å². The molecule has 2 N–H and O–H groups in total. The zero-order valence-corrected chi connectivity index (χ0v) is 8.94. The van der Waals surface area contributed by atoms with E-state index in [0.29, 0.717) is 6.54 Å². The van der Waals surface area contributed by atoms with E-state index in [1.54, 1.807) is 0 Å². The van der Waals surface area contributed by atoms with Crippen LogP contribution in [-0.4, -0.2) is 28.8 Å². The van der Waals surface area contributed by atoms with Crippen LogP contribution in [0.1, 0.15) is 19.5 Å². The van der Waals surface area contributed by atoms with Crippen molar-refractivity contribution in [2.75, 3.05) is 13.2 Å². The molecule has 0 saturated carbocycles. The summed E-state index contributed by atoms with van der Waals surface area (Å²) >= 11 is 0. The summed E-state index contributed by atoms with van der Waals surface area (Å²) in [5.41, 5.74) is 6.69. The van der Waals surface area contributed by atoms with Gasteiger partial charge in [0.05, 0.1) is 12.4 Å². The maximum absolute atomic E-state index is 5.51. The Balaban J connectivity index is 2.52. The summed E-state index contributed by atoms with van der Waals surface area (Å²) in [4.78, 5) is 4.11. The fourth-order valence-corrected chi connectivity index (χ4v) is 1.48. The second-order valence-electron chi connectivity index (χ2n) is 3.34. The minimum atomic E-state index is 0.228. The molecule has 1 atom stereocenters. The minimum Gasteiger partial charge on any atom is -0.377 e. The average molecular weight is 197 g/mol. The van der Waals surface area contributed by atoms with Gasteiger partial charge in [-0.25, -0.2) is 4.98 Å². The molecular weight excluding hydrogens is 178 g/mol. The molecule has 0 radical (unpaired) electrons. The molecule has 4 heteroatoms. The van der Waals surface area contributed by atoms with Gasteiger partial charge in [-0.3, -0.25) is 0 Å². The Kier molecular flexibility index (Phi) is 4.62. The Morgan fingerprint density at radius 3 is 3.07 bits per heavy atom. The molecule has 0 saturated heterocycles. The van der Waals surface area contributed by atoms with Crippen LogP contribution in [-0.2, 0) is 17.7 Å². The number of hydrogen-bond acceptors (Lipinski definition) is 3. The van der Waals surface area contributed by atoms with Gasteiger partial charge in [0.15, 0.2) is 0 Å². The molecule has 0 aromatic carbocycles. The van der Waals surface area contributed by atoms with Gasteiger partial charge in [-0.05, 0) is 20.4 Å². The molecule has 1 unspecified atom stereocenters. The first-order valence-corrected chi connectivity index (χ1v) is 5.08. The molecule has 0 spiro atoms. The fraction of sp³-hybridized carbons (Fsp3) is 0.700. The summed E-state index contributed by atoms with van der Waals surface area (Å²) < 4.78 is 7.57. The van der Waals surface area contributed by atoms with Gasteiger partial charge < -0.3 is 15.0 Å². The zero-order valence-electron chi connectivity index (χ0n) is 8.94. The first-order chi connectivity index (χ1) is 6.77. The van der Waals surface area contributed by atoms with Crippen LogP contribution in [0, 0.1) is 0 Å². The van der Waals surface area contributed by atoms with Gasteiger partial charge in [0.2, 0.25) is 0 Å². The van der Waals surface area contributed by atoms with Crippen LogP contribution in [0.25, 0.3) is 0 Å². The third-order valence-electron chi connectivity index (χ3n) is 2.10.